The molecule has 1 aromatic carbocycles. The molecule has 2 rings (SSSR count). The Balaban J connectivity index is 1.80. The molecule has 2 N–H and O–H groups in total. The zero-order chi connectivity index (χ0) is 14.5. The number of hydrogen-bond donors (Lipinski definition) is 2. The van der Waals surface area contributed by atoms with Gasteiger partial charge in [0.15, 0.2) is 5.82 Å². The van der Waals surface area contributed by atoms with Gasteiger partial charge in [-0.15, -0.1) is 0 Å². The lowest BCUT2D eigenvalue weighted by Gasteiger charge is -2.07. The average Bonchev–Trinajstić information content (AvgIpc) is 2.73. The SMILES string of the molecule is Cc1cc(C)cc(NC(=O)CCNc2cc(C)on2)c1. The summed E-state index contributed by atoms with van der Waals surface area (Å²) >= 11 is 0. The van der Waals surface area contributed by atoms with E-state index in [1.165, 1.54) is 0 Å². The van der Waals surface area contributed by atoms with Crippen LogP contribution in [0, 0.1) is 20.8 Å². The molecule has 0 bridgehead atoms. The molecule has 1 aromatic heterocycles. The first-order valence-electron chi connectivity index (χ1n) is 6.58. The van der Waals surface area contributed by atoms with E-state index in [0.29, 0.717) is 18.8 Å². The van der Waals surface area contributed by atoms with Gasteiger partial charge >= 0.3 is 0 Å². The number of benzene rings is 1. The summed E-state index contributed by atoms with van der Waals surface area (Å²) in [4.78, 5) is 11.8. The van der Waals surface area contributed by atoms with Crippen LogP contribution in [0.4, 0.5) is 11.5 Å². The summed E-state index contributed by atoms with van der Waals surface area (Å²) in [7, 11) is 0. The Bertz CT molecular complexity index is 585. The first kappa shape index (κ1) is 14.1. The standard InChI is InChI=1S/C15H19N3O2/c1-10-6-11(2)8-13(7-10)17-15(19)4-5-16-14-9-12(3)20-18-14/h6-9H,4-5H2,1-3H3,(H,16,18)(H,17,19). The van der Waals surface area contributed by atoms with Crippen molar-refractivity contribution in [1.29, 1.82) is 0 Å². The van der Waals surface area contributed by atoms with Gasteiger partial charge in [-0.2, -0.15) is 0 Å². The Kier molecular flexibility index (Phi) is 4.40. The molecule has 0 fully saturated rings. The third-order valence-corrected chi connectivity index (χ3v) is 2.79. The minimum absolute atomic E-state index is 0.0253. The first-order valence-corrected chi connectivity index (χ1v) is 6.58. The normalized spacial score (nSPS) is 10.3. The van der Waals surface area contributed by atoms with E-state index in [-0.39, 0.29) is 5.91 Å². The lowest BCUT2D eigenvalue weighted by atomic mass is 10.1. The molecule has 0 spiro atoms. The van der Waals surface area contributed by atoms with Crippen LogP contribution in [0.3, 0.4) is 0 Å². The van der Waals surface area contributed by atoms with Crippen molar-refractivity contribution in [2.75, 3.05) is 17.2 Å². The summed E-state index contributed by atoms with van der Waals surface area (Å²) in [5.41, 5.74) is 3.11. The van der Waals surface area contributed by atoms with Crippen molar-refractivity contribution < 1.29 is 9.32 Å². The van der Waals surface area contributed by atoms with Gasteiger partial charge in [0.25, 0.3) is 0 Å². The predicted molar refractivity (Wildman–Crippen MR) is 78.9 cm³/mol. The highest BCUT2D eigenvalue weighted by Crippen LogP contribution is 2.14. The molecule has 0 saturated heterocycles. The number of amides is 1. The van der Waals surface area contributed by atoms with Crippen LogP contribution in [0.1, 0.15) is 23.3 Å². The van der Waals surface area contributed by atoms with Crippen molar-refractivity contribution >= 4 is 17.4 Å². The monoisotopic (exact) mass is 273 g/mol. The van der Waals surface area contributed by atoms with Crippen LogP contribution in [0.2, 0.25) is 0 Å². The van der Waals surface area contributed by atoms with Crippen LogP contribution in [0.25, 0.3) is 0 Å². The second-order valence-corrected chi connectivity index (χ2v) is 4.92. The molecule has 5 nitrogen and oxygen atoms in total. The molecule has 0 unspecified atom stereocenters. The number of aromatic nitrogens is 1. The molecule has 1 heterocycles. The van der Waals surface area contributed by atoms with Gasteiger partial charge in [0.1, 0.15) is 5.76 Å². The molecule has 0 saturated carbocycles. The Labute approximate surface area is 118 Å². The van der Waals surface area contributed by atoms with Gasteiger partial charge in [0, 0.05) is 24.7 Å². The Morgan fingerprint density at radius 3 is 2.45 bits per heavy atom. The third kappa shape index (κ3) is 4.12. The Hall–Kier alpha value is -2.30. The van der Waals surface area contributed by atoms with E-state index >= 15 is 0 Å². The molecular formula is C15H19N3O2. The number of nitrogens with one attached hydrogen (secondary N) is 2. The average molecular weight is 273 g/mol. The minimum atomic E-state index is -0.0253. The summed E-state index contributed by atoms with van der Waals surface area (Å²) in [6, 6.07) is 7.78. The first-order chi connectivity index (χ1) is 9.52. The number of carbonyl (C=O) groups excluding carboxylic acids is 1. The van der Waals surface area contributed by atoms with Crippen LogP contribution in [0.15, 0.2) is 28.8 Å². The van der Waals surface area contributed by atoms with Crippen molar-refractivity contribution in [3.05, 3.63) is 41.2 Å². The van der Waals surface area contributed by atoms with Crippen molar-refractivity contribution in [2.24, 2.45) is 0 Å². The van der Waals surface area contributed by atoms with E-state index in [2.05, 4.69) is 21.9 Å². The topological polar surface area (TPSA) is 67.2 Å². The number of hydrogen-bond acceptors (Lipinski definition) is 4. The molecule has 0 aliphatic rings. The fourth-order valence-corrected chi connectivity index (χ4v) is 2.02. The van der Waals surface area contributed by atoms with Crippen molar-refractivity contribution in [3.8, 4) is 0 Å². The molecule has 5 heteroatoms. The smallest absolute Gasteiger partial charge is 0.226 e. The van der Waals surface area contributed by atoms with Crippen molar-refractivity contribution in [3.63, 3.8) is 0 Å². The van der Waals surface area contributed by atoms with Gasteiger partial charge in [-0.1, -0.05) is 11.2 Å². The maximum absolute atomic E-state index is 11.8. The maximum atomic E-state index is 11.8. The Morgan fingerprint density at radius 2 is 1.85 bits per heavy atom. The van der Waals surface area contributed by atoms with Gasteiger partial charge in [-0.05, 0) is 44.0 Å². The fraction of sp³-hybridized carbons (Fsp3) is 0.333. The van der Waals surface area contributed by atoms with Gasteiger partial charge in [-0.3, -0.25) is 4.79 Å². The van der Waals surface area contributed by atoms with E-state index < -0.39 is 0 Å². The van der Waals surface area contributed by atoms with E-state index in [9.17, 15) is 4.79 Å². The third-order valence-electron chi connectivity index (χ3n) is 2.79. The highest BCUT2D eigenvalue weighted by molar-refractivity contribution is 5.91. The molecule has 0 aliphatic carbocycles. The summed E-state index contributed by atoms with van der Waals surface area (Å²) in [6.07, 6.45) is 0.374. The van der Waals surface area contributed by atoms with Crippen LogP contribution in [-0.4, -0.2) is 17.6 Å². The van der Waals surface area contributed by atoms with E-state index in [1.54, 1.807) is 6.07 Å². The van der Waals surface area contributed by atoms with Crippen LogP contribution < -0.4 is 10.6 Å². The van der Waals surface area contributed by atoms with E-state index in [0.717, 1.165) is 22.6 Å². The van der Waals surface area contributed by atoms with E-state index in [4.69, 9.17) is 4.52 Å². The zero-order valence-corrected chi connectivity index (χ0v) is 12.0. The molecule has 106 valence electrons. The number of carbonyl (C=O) groups is 1. The van der Waals surface area contributed by atoms with Crippen molar-refractivity contribution in [1.82, 2.24) is 5.16 Å². The number of nitrogens with zero attached hydrogens (tertiary/aromatic N) is 1. The quantitative estimate of drug-likeness (QED) is 0.878. The summed E-state index contributed by atoms with van der Waals surface area (Å²) in [5.74, 6) is 1.37. The fourth-order valence-electron chi connectivity index (χ4n) is 2.02. The molecule has 0 atom stereocenters. The molecule has 20 heavy (non-hydrogen) atoms. The second kappa shape index (κ2) is 6.23. The molecule has 0 aliphatic heterocycles. The molecule has 1 amide bonds. The van der Waals surface area contributed by atoms with Gasteiger partial charge in [0.2, 0.25) is 5.91 Å². The van der Waals surface area contributed by atoms with Gasteiger partial charge in [0.05, 0.1) is 0 Å². The molecular weight excluding hydrogens is 254 g/mol. The number of rotatable bonds is 5. The van der Waals surface area contributed by atoms with Gasteiger partial charge < -0.3 is 15.2 Å². The highest BCUT2D eigenvalue weighted by Gasteiger charge is 2.04. The summed E-state index contributed by atoms with van der Waals surface area (Å²) in [5, 5.41) is 9.73. The van der Waals surface area contributed by atoms with Crippen molar-refractivity contribution in [2.45, 2.75) is 27.2 Å². The van der Waals surface area contributed by atoms with Crippen LogP contribution in [0.5, 0.6) is 0 Å². The van der Waals surface area contributed by atoms with E-state index in [1.807, 2.05) is 32.9 Å². The largest absolute Gasteiger partial charge is 0.367 e. The lowest BCUT2D eigenvalue weighted by molar-refractivity contribution is -0.115. The second-order valence-electron chi connectivity index (χ2n) is 4.92. The summed E-state index contributed by atoms with van der Waals surface area (Å²) in [6.45, 7) is 6.36. The number of aryl methyl sites for hydroxylation is 3. The van der Waals surface area contributed by atoms with Crippen LogP contribution >= 0.6 is 0 Å². The number of anilines is 2. The summed E-state index contributed by atoms with van der Waals surface area (Å²) < 4.78 is 4.93. The molecule has 2 aromatic rings. The lowest BCUT2D eigenvalue weighted by Crippen LogP contribution is -2.16. The Morgan fingerprint density at radius 1 is 1.15 bits per heavy atom. The highest BCUT2D eigenvalue weighted by atomic mass is 16.5. The predicted octanol–water partition coefficient (Wildman–Crippen LogP) is 3.04. The van der Waals surface area contributed by atoms with Crippen LogP contribution in [-0.2, 0) is 4.79 Å². The molecule has 0 radical (unpaired) electrons. The zero-order valence-electron chi connectivity index (χ0n) is 12.0. The minimum Gasteiger partial charge on any atom is -0.367 e. The maximum Gasteiger partial charge on any atom is 0.226 e. The van der Waals surface area contributed by atoms with Gasteiger partial charge in [-0.25, -0.2) is 0 Å².